The van der Waals surface area contributed by atoms with E-state index in [2.05, 4.69) is 41.5 Å². The summed E-state index contributed by atoms with van der Waals surface area (Å²) in [5.41, 5.74) is 0. The van der Waals surface area contributed by atoms with Crippen LogP contribution >= 0.6 is 0 Å². The van der Waals surface area contributed by atoms with Gasteiger partial charge in [-0.3, -0.25) is 0 Å². The van der Waals surface area contributed by atoms with Crippen LogP contribution in [0.2, 0.25) is 0 Å². The van der Waals surface area contributed by atoms with Crippen molar-refractivity contribution in [1.82, 2.24) is 0 Å². The Bertz CT molecular complexity index is 328. The zero-order valence-electron chi connectivity index (χ0n) is 24.0. The van der Waals surface area contributed by atoms with Gasteiger partial charge < -0.3 is 38.6 Å². The van der Waals surface area contributed by atoms with Crippen molar-refractivity contribution in [2.45, 2.75) is 131 Å². The van der Waals surface area contributed by atoms with Gasteiger partial charge in [0.05, 0.1) is 39.6 Å². The first-order valence-corrected chi connectivity index (χ1v) is 14.9. The Balaban J connectivity index is -0.000000565. The van der Waals surface area contributed by atoms with Gasteiger partial charge >= 0.3 is 39.9 Å². The van der Waals surface area contributed by atoms with Crippen molar-refractivity contribution in [2.24, 2.45) is 0 Å². The van der Waals surface area contributed by atoms with Crippen molar-refractivity contribution in [3.8, 4) is 0 Å². The molecule has 0 rings (SSSR count). The van der Waals surface area contributed by atoms with Gasteiger partial charge in [-0.15, -0.1) is 0 Å². The molecule has 0 heterocycles. The number of unbranched alkanes of at least 4 members (excludes halogenated alkanes) is 6. The Morgan fingerprint density at radius 3 is 0.667 bits per heavy atom. The van der Waals surface area contributed by atoms with Crippen LogP contribution in [0.5, 0.6) is 0 Å². The standard InChI is InChI=1S/2C13H28O4.O.Zr/c2*1-4-7-10-15-13(14,16-11-8-5-2)17-12-9-6-3;;/h2*14H,4-12H2,1-3H3;;. The summed E-state index contributed by atoms with van der Waals surface area (Å²) >= 11 is 0.300. The van der Waals surface area contributed by atoms with E-state index >= 15 is 0 Å². The molecule has 0 aromatic rings. The second kappa shape index (κ2) is 31.6. The van der Waals surface area contributed by atoms with Gasteiger partial charge in [-0.2, -0.15) is 0 Å². The molecule has 36 heavy (non-hydrogen) atoms. The van der Waals surface area contributed by atoms with Crippen molar-refractivity contribution in [3.63, 3.8) is 0 Å². The summed E-state index contributed by atoms with van der Waals surface area (Å²) in [5, 5.41) is 20.0. The van der Waals surface area contributed by atoms with Crippen LogP contribution in [-0.4, -0.2) is 62.2 Å². The van der Waals surface area contributed by atoms with E-state index in [1.165, 1.54) is 0 Å². The summed E-state index contributed by atoms with van der Waals surface area (Å²) in [6.45, 7) is 15.1. The minimum atomic E-state index is -1.85. The van der Waals surface area contributed by atoms with E-state index in [4.69, 9.17) is 31.2 Å². The maximum absolute atomic E-state index is 10.0. The second-order valence-electron chi connectivity index (χ2n) is 8.26. The number of hydrogen-bond donors (Lipinski definition) is 2. The molecule has 0 amide bonds. The van der Waals surface area contributed by atoms with Gasteiger partial charge in [-0.25, -0.2) is 0 Å². The summed E-state index contributed by atoms with van der Waals surface area (Å²) in [6, 6.07) is 0. The van der Waals surface area contributed by atoms with Crippen molar-refractivity contribution in [3.05, 3.63) is 0 Å². The molecular weight excluding hydrogens is 548 g/mol. The molecule has 0 unspecified atom stereocenters. The predicted molar refractivity (Wildman–Crippen MR) is 136 cm³/mol. The minimum absolute atomic E-state index is 0.300. The molecule has 2 N–H and O–H groups in total. The molecule has 9 nitrogen and oxygen atoms in total. The molecule has 0 aromatic carbocycles. The van der Waals surface area contributed by atoms with Gasteiger partial charge in [0, 0.05) is 0 Å². The molecule has 0 aliphatic heterocycles. The molecule has 0 fully saturated rings. The van der Waals surface area contributed by atoms with Gasteiger partial charge in [0.25, 0.3) is 0 Å². The predicted octanol–water partition coefficient (Wildman–Crippen LogP) is 5.96. The average molecular weight is 604 g/mol. The van der Waals surface area contributed by atoms with Crippen molar-refractivity contribution in [2.75, 3.05) is 39.6 Å². The molecule has 0 aromatic heterocycles. The molecule has 218 valence electrons. The summed E-state index contributed by atoms with van der Waals surface area (Å²) in [4.78, 5) is 0. The van der Waals surface area contributed by atoms with Gasteiger partial charge in [0.15, 0.2) is 0 Å². The first-order chi connectivity index (χ1) is 17.4. The Morgan fingerprint density at radius 2 is 0.556 bits per heavy atom. The quantitative estimate of drug-likeness (QED) is 0.102. The normalized spacial score (nSPS) is 11.4. The first kappa shape index (κ1) is 40.9. The number of ether oxygens (including phenoxy) is 6. The van der Waals surface area contributed by atoms with Gasteiger partial charge in [0.1, 0.15) is 0 Å². The van der Waals surface area contributed by atoms with Crippen LogP contribution in [0.3, 0.4) is 0 Å². The van der Waals surface area contributed by atoms with E-state index in [0.29, 0.717) is 64.4 Å². The van der Waals surface area contributed by atoms with Crippen molar-refractivity contribution < 1.29 is 66.2 Å². The van der Waals surface area contributed by atoms with Crippen LogP contribution in [-0.2, 0) is 56.0 Å². The van der Waals surface area contributed by atoms with E-state index in [0.717, 1.165) is 77.0 Å². The maximum atomic E-state index is 10.0. The van der Waals surface area contributed by atoms with Crippen LogP contribution in [0.15, 0.2) is 0 Å². The van der Waals surface area contributed by atoms with Crippen molar-refractivity contribution >= 4 is 0 Å². The van der Waals surface area contributed by atoms with E-state index in [9.17, 15) is 10.2 Å². The first-order valence-electron chi connectivity index (χ1n) is 13.9. The molecule has 0 saturated heterocycles. The fraction of sp³-hybridized carbons (Fsp3) is 1.00. The van der Waals surface area contributed by atoms with E-state index in [1.54, 1.807) is 0 Å². The number of rotatable bonds is 24. The van der Waals surface area contributed by atoms with E-state index < -0.39 is 12.3 Å². The van der Waals surface area contributed by atoms with Crippen LogP contribution in [0.4, 0.5) is 0 Å². The fourth-order valence-corrected chi connectivity index (χ4v) is 2.32. The number of hydrogen-bond acceptors (Lipinski definition) is 9. The fourth-order valence-electron chi connectivity index (χ4n) is 2.32. The van der Waals surface area contributed by atoms with Gasteiger partial charge in [-0.1, -0.05) is 80.1 Å². The Hall–Kier alpha value is 0.363. The van der Waals surface area contributed by atoms with Gasteiger partial charge in [0.2, 0.25) is 0 Å². The SMILES string of the molecule is CCCCOC(O)(OCCCC)OCCCC.CCCCOC(O)(OCCCC)OCCCC.[O]=[Zr]. The summed E-state index contributed by atoms with van der Waals surface area (Å²) < 4.78 is 40.0. The van der Waals surface area contributed by atoms with Crippen LogP contribution in [0, 0.1) is 0 Å². The third-order valence-corrected chi connectivity index (χ3v) is 4.69. The molecular formula is C26H56O9Zr. The molecule has 0 spiro atoms. The van der Waals surface area contributed by atoms with E-state index in [-0.39, 0.29) is 0 Å². The number of aliphatic hydroxyl groups is 2. The van der Waals surface area contributed by atoms with Crippen LogP contribution < -0.4 is 0 Å². The molecule has 0 aliphatic rings. The Kier molecular flexibility index (Phi) is 35.8. The summed E-state index contributed by atoms with van der Waals surface area (Å²) in [6.07, 6.45) is 7.70. The summed E-state index contributed by atoms with van der Waals surface area (Å²) in [5.74, 6) is 0. The Labute approximate surface area is 236 Å². The molecule has 0 saturated carbocycles. The molecule has 10 heteroatoms. The zero-order chi connectivity index (χ0) is 28.0. The second-order valence-corrected chi connectivity index (χ2v) is 8.26. The topological polar surface area (TPSA) is 113 Å². The average Bonchev–Trinajstić information content (AvgIpc) is 2.87. The van der Waals surface area contributed by atoms with Crippen molar-refractivity contribution in [1.29, 1.82) is 0 Å². The summed E-state index contributed by atoms with van der Waals surface area (Å²) in [7, 11) is 0. The third kappa shape index (κ3) is 28.9. The van der Waals surface area contributed by atoms with Gasteiger partial charge in [-0.05, 0) is 38.5 Å². The molecule has 0 bridgehead atoms. The molecule has 0 atom stereocenters. The zero-order valence-corrected chi connectivity index (χ0v) is 26.4. The van der Waals surface area contributed by atoms with Crippen LogP contribution in [0.25, 0.3) is 0 Å². The third-order valence-electron chi connectivity index (χ3n) is 4.69. The molecule has 0 radical (unpaired) electrons. The molecule has 0 aliphatic carbocycles. The van der Waals surface area contributed by atoms with E-state index in [1.807, 2.05) is 0 Å². The monoisotopic (exact) mass is 602 g/mol. The Morgan fingerprint density at radius 1 is 0.417 bits per heavy atom. The van der Waals surface area contributed by atoms with Crippen LogP contribution in [0.1, 0.15) is 119 Å².